The van der Waals surface area contributed by atoms with Crippen LogP contribution in [0.15, 0.2) is 42.5 Å². The molecule has 1 aliphatic heterocycles. The van der Waals surface area contributed by atoms with Crippen LogP contribution < -0.4 is 5.32 Å². The third-order valence-electron chi connectivity index (χ3n) is 3.73. The number of aliphatic hydroxyl groups is 1. The van der Waals surface area contributed by atoms with Crippen molar-refractivity contribution in [1.82, 2.24) is 0 Å². The quantitative estimate of drug-likeness (QED) is 0.888. The number of fused-ring (bicyclic) bond motifs is 1. The van der Waals surface area contributed by atoms with E-state index in [0.717, 1.165) is 35.2 Å². The Morgan fingerprint density at radius 3 is 2.71 bits per heavy atom. The van der Waals surface area contributed by atoms with Gasteiger partial charge in [-0.1, -0.05) is 35.9 Å². The molecule has 0 saturated heterocycles. The molecule has 1 atom stereocenters. The SMILES string of the molecule is O=C1CCCc2cc(C(O)c3cccc(Cl)c3)ccc2N1. The maximum Gasteiger partial charge on any atom is 0.224 e. The Labute approximate surface area is 128 Å². The summed E-state index contributed by atoms with van der Waals surface area (Å²) in [4.78, 5) is 11.5. The van der Waals surface area contributed by atoms with Crippen molar-refractivity contribution >= 4 is 23.2 Å². The molecule has 0 fully saturated rings. The van der Waals surface area contributed by atoms with Gasteiger partial charge in [-0.05, 0) is 47.7 Å². The molecule has 3 nitrogen and oxygen atoms in total. The molecular formula is C17H16ClNO2. The van der Waals surface area contributed by atoms with E-state index in [1.54, 1.807) is 12.1 Å². The zero-order valence-corrected chi connectivity index (χ0v) is 12.2. The summed E-state index contributed by atoms with van der Waals surface area (Å²) in [5.41, 5.74) is 3.49. The molecule has 4 heteroatoms. The van der Waals surface area contributed by atoms with E-state index < -0.39 is 6.10 Å². The Hall–Kier alpha value is -1.84. The normalized spacial score (nSPS) is 15.8. The molecule has 21 heavy (non-hydrogen) atoms. The van der Waals surface area contributed by atoms with Crippen LogP contribution in [0.3, 0.4) is 0 Å². The van der Waals surface area contributed by atoms with Crippen LogP contribution in [0.1, 0.15) is 35.6 Å². The number of amides is 1. The molecule has 0 bridgehead atoms. The number of carbonyl (C=O) groups is 1. The highest BCUT2D eigenvalue weighted by molar-refractivity contribution is 6.30. The number of nitrogens with one attached hydrogen (secondary N) is 1. The van der Waals surface area contributed by atoms with Gasteiger partial charge >= 0.3 is 0 Å². The molecule has 0 saturated carbocycles. The first-order valence-electron chi connectivity index (χ1n) is 7.00. The number of aryl methyl sites for hydroxylation is 1. The van der Waals surface area contributed by atoms with Gasteiger partial charge in [0.2, 0.25) is 5.91 Å². The van der Waals surface area contributed by atoms with Crippen molar-refractivity contribution in [3.05, 3.63) is 64.2 Å². The first kappa shape index (κ1) is 14.1. The van der Waals surface area contributed by atoms with Gasteiger partial charge in [0.1, 0.15) is 6.10 Å². The number of rotatable bonds is 2. The lowest BCUT2D eigenvalue weighted by atomic mass is 9.97. The number of anilines is 1. The van der Waals surface area contributed by atoms with Gasteiger partial charge in [0.05, 0.1) is 0 Å². The predicted octanol–water partition coefficient (Wildman–Crippen LogP) is 3.70. The van der Waals surface area contributed by atoms with Crippen LogP contribution in [0.4, 0.5) is 5.69 Å². The Morgan fingerprint density at radius 1 is 1.10 bits per heavy atom. The number of aliphatic hydroxyl groups excluding tert-OH is 1. The van der Waals surface area contributed by atoms with Gasteiger partial charge in [-0.25, -0.2) is 0 Å². The van der Waals surface area contributed by atoms with Crippen molar-refractivity contribution in [2.45, 2.75) is 25.4 Å². The molecule has 1 heterocycles. The topological polar surface area (TPSA) is 49.3 Å². The van der Waals surface area contributed by atoms with E-state index in [4.69, 9.17) is 11.6 Å². The molecule has 1 amide bonds. The molecule has 0 spiro atoms. The lowest BCUT2D eigenvalue weighted by Crippen LogP contribution is -2.09. The lowest BCUT2D eigenvalue weighted by molar-refractivity contribution is -0.116. The second kappa shape index (κ2) is 5.88. The summed E-state index contributed by atoms with van der Waals surface area (Å²) in [6.45, 7) is 0. The van der Waals surface area contributed by atoms with Crippen molar-refractivity contribution in [3.63, 3.8) is 0 Å². The van der Waals surface area contributed by atoms with E-state index in [2.05, 4.69) is 5.32 Å². The highest BCUT2D eigenvalue weighted by Gasteiger charge is 2.16. The summed E-state index contributed by atoms with van der Waals surface area (Å²) in [7, 11) is 0. The van der Waals surface area contributed by atoms with Gasteiger partial charge < -0.3 is 10.4 Å². The van der Waals surface area contributed by atoms with Crippen molar-refractivity contribution in [3.8, 4) is 0 Å². The second-order valence-corrected chi connectivity index (χ2v) is 5.71. The summed E-state index contributed by atoms with van der Waals surface area (Å²) < 4.78 is 0. The summed E-state index contributed by atoms with van der Waals surface area (Å²) in [5, 5.41) is 14.0. The number of hydrogen-bond acceptors (Lipinski definition) is 2. The molecule has 2 aromatic carbocycles. The lowest BCUT2D eigenvalue weighted by Gasteiger charge is -2.15. The van der Waals surface area contributed by atoms with E-state index in [-0.39, 0.29) is 5.91 Å². The van der Waals surface area contributed by atoms with Gasteiger partial charge in [-0.15, -0.1) is 0 Å². The van der Waals surface area contributed by atoms with Gasteiger partial charge in [0.25, 0.3) is 0 Å². The first-order chi connectivity index (χ1) is 10.1. The van der Waals surface area contributed by atoms with Crippen LogP contribution in [0.5, 0.6) is 0 Å². The van der Waals surface area contributed by atoms with Crippen LogP contribution >= 0.6 is 11.6 Å². The van der Waals surface area contributed by atoms with Crippen molar-refractivity contribution in [1.29, 1.82) is 0 Å². The Morgan fingerprint density at radius 2 is 1.90 bits per heavy atom. The number of benzene rings is 2. The summed E-state index contributed by atoms with van der Waals surface area (Å²) in [6.07, 6.45) is 1.49. The van der Waals surface area contributed by atoms with Crippen molar-refractivity contribution in [2.24, 2.45) is 0 Å². The van der Waals surface area contributed by atoms with Gasteiger partial charge in [0, 0.05) is 17.1 Å². The maximum absolute atomic E-state index is 11.5. The predicted molar refractivity (Wildman–Crippen MR) is 83.5 cm³/mol. The summed E-state index contributed by atoms with van der Waals surface area (Å²) in [5.74, 6) is 0.0527. The minimum atomic E-state index is -0.715. The molecule has 3 rings (SSSR count). The van der Waals surface area contributed by atoms with E-state index >= 15 is 0 Å². The second-order valence-electron chi connectivity index (χ2n) is 5.28. The molecule has 0 aliphatic carbocycles. The molecule has 0 aromatic heterocycles. The number of hydrogen-bond donors (Lipinski definition) is 2. The van der Waals surface area contributed by atoms with Crippen LogP contribution in [-0.4, -0.2) is 11.0 Å². The highest BCUT2D eigenvalue weighted by Crippen LogP contribution is 2.29. The Bertz CT molecular complexity index is 684. The third kappa shape index (κ3) is 3.09. The average molecular weight is 302 g/mol. The van der Waals surface area contributed by atoms with Gasteiger partial charge in [-0.2, -0.15) is 0 Å². The van der Waals surface area contributed by atoms with Crippen LogP contribution in [0.2, 0.25) is 5.02 Å². The fourth-order valence-corrected chi connectivity index (χ4v) is 2.83. The highest BCUT2D eigenvalue weighted by atomic mass is 35.5. The minimum Gasteiger partial charge on any atom is -0.384 e. The molecular weight excluding hydrogens is 286 g/mol. The van der Waals surface area contributed by atoms with E-state index in [0.29, 0.717) is 11.4 Å². The largest absolute Gasteiger partial charge is 0.384 e. The zero-order chi connectivity index (χ0) is 14.8. The Balaban J connectivity index is 1.93. The first-order valence-corrected chi connectivity index (χ1v) is 7.37. The molecule has 108 valence electrons. The maximum atomic E-state index is 11.5. The molecule has 2 aromatic rings. The van der Waals surface area contributed by atoms with Crippen LogP contribution in [-0.2, 0) is 11.2 Å². The van der Waals surface area contributed by atoms with E-state index in [1.165, 1.54) is 0 Å². The summed E-state index contributed by atoms with van der Waals surface area (Å²) >= 11 is 5.97. The molecule has 1 unspecified atom stereocenters. The Kier molecular flexibility index (Phi) is 3.95. The molecule has 0 radical (unpaired) electrons. The van der Waals surface area contributed by atoms with Crippen molar-refractivity contribution < 1.29 is 9.90 Å². The smallest absolute Gasteiger partial charge is 0.224 e. The fourth-order valence-electron chi connectivity index (χ4n) is 2.63. The molecule has 1 aliphatic rings. The molecule has 2 N–H and O–H groups in total. The van der Waals surface area contributed by atoms with E-state index in [1.807, 2.05) is 30.3 Å². The summed E-state index contributed by atoms with van der Waals surface area (Å²) in [6, 6.07) is 12.9. The van der Waals surface area contributed by atoms with Crippen LogP contribution in [0, 0.1) is 0 Å². The zero-order valence-electron chi connectivity index (χ0n) is 11.5. The third-order valence-corrected chi connectivity index (χ3v) is 3.97. The van der Waals surface area contributed by atoms with Crippen molar-refractivity contribution in [2.75, 3.05) is 5.32 Å². The average Bonchev–Trinajstić information content (AvgIpc) is 2.66. The van der Waals surface area contributed by atoms with E-state index in [9.17, 15) is 9.90 Å². The van der Waals surface area contributed by atoms with Crippen LogP contribution in [0.25, 0.3) is 0 Å². The fraction of sp³-hybridized carbons (Fsp3) is 0.235. The number of halogens is 1. The standard InChI is InChI=1S/C17H16ClNO2/c18-14-5-1-4-12(10-14)17(21)13-7-8-15-11(9-13)3-2-6-16(20)19-15/h1,4-5,7-10,17,21H,2-3,6H2,(H,19,20). The van der Waals surface area contributed by atoms with Gasteiger partial charge in [-0.3, -0.25) is 4.79 Å². The van der Waals surface area contributed by atoms with Gasteiger partial charge in [0.15, 0.2) is 0 Å². The monoisotopic (exact) mass is 301 g/mol. The number of carbonyl (C=O) groups excluding carboxylic acids is 1. The minimum absolute atomic E-state index is 0.0527.